The smallest absolute Gasteiger partial charge is 0.319 e. The topological polar surface area (TPSA) is 137 Å². The number of nitriles is 1. The summed E-state index contributed by atoms with van der Waals surface area (Å²) >= 11 is 0. The van der Waals surface area contributed by atoms with E-state index in [9.17, 15) is 13.2 Å². The molecule has 34 heavy (non-hydrogen) atoms. The molecule has 1 aromatic carbocycles. The molecule has 0 spiro atoms. The van der Waals surface area contributed by atoms with E-state index < -0.39 is 20.6 Å². The molecule has 0 bridgehead atoms. The van der Waals surface area contributed by atoms with Crippen LogP contribution in [0.15, 0.2) is 30.3 Å². The van der Waals surface area contributed by atoms with E-state index in [1.54, 1.807) is 30.3 Å². The molecule has 4 rings (SSSR count). The van der Waals surface area contributed by atoms with Gasteiger partial charge in [0.05, 0.1) is 37.4 Å². The van der Waals surface area contributed by atoms with Crippen molar-refractivity contribution in [1.29, 1.82) is 5.26 Å². The Hall–Kier alpha value is -3.23. The molecular formula is C23H28N6O4S. The third-order valence-corrected chi connectivity index (χ3v) is 8.22. The minimum absolute atomic E-state index is 0.101. The molecule has 1 saturated heterocycles. The molecule has 180 valence electrons. The van der Waals surface area contributed by atoms with Crippen LogP contribution in [0.3, 0.4) is 0 Å². The lowest BCUT2D eigenvalue weighted by Gasteiger charge is -2.34. The molecule has 2 amide bonds. The predicted octanol–water partition coefficient (Wildman–Crippen LogP) is 2.44. The third kappa shape index (κ3) is 4.98. The number of carbonyl (C=O) groups excluding carboxylic acids is 1. The van der Waals surface area contributed by atoms with Gasteiger partial charge < -0.3 is 20.3 Å². The van der Waals surface area contributed by atoms with Gasteiger partial charge in [0.1, 0.15) is 10.6 Å². The van der Waals surface area contributed by atoms with Gasteiger partial charge >= 0.3 is 6.03 Å². The van der Waals surface area contributed by atoms with Crippen LogP contribution in [0.4, 0.5) is 16.3 Å². The Morgan fingerprint density at radius 1 is 1.29 bits per heavy atom. The summed E-state index contributed by atoms with van der Waals surface area (Å²) in [6.07, 6.45) is 2.59. The van der Waals surface area contributed by atoms with Crippen molar-refractivity contribution >= 4 is 27.4 Å². The summed E-state index contributed by atoms with van der Waals surface area (Å²) < 4.78 is 29.8. The highest BCUT2D eigenvalue weighted by atomic mass is 32.2. The van der Waals surface area contributed by atoms with Crippen LogP contribution in [-0.2, 0) is 19.3 Å². The minimum Gasteiger partial charge on any atom is -0.377 e. The zero-order valence-electron chi connectivity index (χ0n) is 19.2. The fourth-order valence-corrected chi connectivity index (χ4v) is 5.38. The maximum Gasteiger partial charge on any atom is 0.319 e. The number of hydrogen-bond acceptors (Lipinski definition) is 8. The molecule has 1 aromatic heterocycles. The predicted molar refractivity (Wildman–Crippen MR) is 128 cm³/mol. The van der Waals surface area contributed by atoms with Crippen molar-refractivity contribution in [2.24, 2.45) is 0 Å². The monoisotopic (exact) mass is 484 g/mol. The minimum atomic E-state index is -3.34. The summed E-state index contributed by atoms with van der Waals surface area (Å²) in [7, 11) is -3.34. The van der Waals surface area contributed by atoms with Crippen molar-refractivity contribution in [3.8, 4) is 17.5 Å². The van der Waals surface area contributed by atoms with Crippen LogP contribution in [0.5, 0.6) is 0 Å². The number of sulfone groups is 1. The average Bonchev–Trinajstić information content (AvgIpc) is 3.62. The van der Waals surface area contributed by atoms with Gasteiger partial charge in [-0.1, -0.05) is 0 Å². The van der Waals surface area contributed by atoms with Crippen molar-refractivity contribution in [3.05, 3.63) is 36.0 Å². The Bertz CT molecular complexity index is 1200. The number of morpholine rings is 1. The Balaban J connectivity index is 1.65. The number of aromatic nitrogens is 2. The fraction of sp³-hybridized carbons (Fsp3) is 0.478. The molecule has 2 fully saturated rings. The van der Waals surface area contributed by atoms with Crippen molar-refractivity contribution in [1.82, 2.24) is 15.3 Å². The van der Waals surface area contributed by atoms with Crippen LogP contribution in [0.25, 0.3) is 11.4 Å². The van der Waals surface area contributed by atoms with E-state index in [1.807, 2.05) is 13.0 Å². The highest BCUT2D eigenvalue weighted by Gasteiger charge is 2.55. The number of amides is 2. The molecule has 1 atom stereocenters. The van der Waals surface area contributed by atoms with E-state index >= 15 is 0 Å². The van der Waals surface area contributed by atoms with Crippen LogP contribution < -0.4 is 15.5 Å². The first-order chi connectivity index (χ1) is 16.2. The van der Waals surface area contributed by atoms with Gasteiger partial charge in [0.25, 0.3) is 0 Å². The van der Waals surface area contributed by atoms with Gasteiger partial charge in [0.15, 0.2) is 15.7 Å². The molecule has 1 saturated carbocycles. The lowest BCUT2D eigenvalue weighted by Crippen LogP contribution is -2.44. The first-order valence-corrected chi connectivity index (χ1v) is 13.1. The Labute approximate surface area is 199 Å². The van der Waals surface area contributed by atoms with E-state index in [4.69, 9.17) is 15.0 Å². The van der Waals surface area contributed by atoms with E-state index in [2.05, 4.69) is 20.5 Å². The number of nitrogens with one attached hydrogen (secondary N) is 2. The summed E-state index contributed by atoms with van der Waals surface area (Å²) in [5.41, 5.74) is 1.81. The normalized spacial score (nSPS) is 19.2. The van der Waals surface area contributed by atoms with Gasteiger partial charge in [-0.05, 0) is 44.0 Å². The molecule has 1 aliphatic carbocycles. The SMILES string of the molecule is C[C@H]1COCCN1c1cc(C2(S(C)(=O)=O)CC2)nc(-c2ccc(NC(=O)NCCC#N)cc2)n1. The highest BCUT2D eigenvalue weighted by molar-refractivity contribution is 7.91. The van der Waals surface area contributed by atoms with Crippen LogP contribution in [-0.4, -0.2) is 63.0 Å². The number of hydrogen-bond donors (Lipinski definition) is 2. The van der Waals surface area contributed by atoms with Gasteiger partial charge in [-0.2, -0.15) is 5.26 Å². The second kappa shape index (κ2) is 9.56. The van der Waals surface area contributed by atoms with Gasteiger partial charge in [-0.25, -0.2) is 23.2 Å². The number of nitrogens with zero attached hydrogens (tertiary/aromatic N) is 4. The van der Waals surface area contributed by atoms with E-state index in [-0.39, 0.29) is 19.0 Å². The van der Waals surface area contributed by atoms with Gasteiger partial charge in [-0.15, -0.1) is 0 Å². The lowest BCUT2D eigenvalue weighted by atomic mass is 10.1. The van der Waals surface area contributed by atoms with Crippen LogP contribution >= 0.6 is 0 Å². The van der Waals surface area contributed by atoms with E-state index in [0.717, 1.165) is 0 Å². The number of benzene rings is 1. The van der Waals surface area contributed by atoms with Crippen molar-refractivity contribution in [3.63, 3.8) is 0 Å². The first-order valence-electron chi connectivity index (χ1n) is 11.2. The zero-order valence-corrected chi connectivity index (χ0v) is 20.1. The molecule has 0 unspecified atom stereocenters. The van der Waals surface area contributed by atoms with Crippen LogP contribution in [0.1, 0.15) is 31.9 Å². The maximum atomic E-state index is 12.6. The van der Waals surface area contributed by atoms with Crippen molar-refractivity contribution < 1.29 is 17.9 Å². The molecule has 2 aromatic rings. The number of urea groups is 1. The standard InChI is InChI=1S/C23H28N6O4S/c1-16-15-33-13-12-29(16)20-14-19(23(8-9-23)34(2,31)32)27-21(28-20)17-4-6-18(7-5-17)26-22(30)25-11-3-10-24/h4-7,14,16H,3,8-9,11-13,15H2,1-2H3,(H2,25,26,30)/t16-/m0/s1. The second-order valence-electron chi connectivity index (χ2n) is 8.69. The zero-order chi connectivity index (χ0) is 24.3. The van der Waals surface area contributed by atoms with Gasteiger partial charge in [0, 0.05) is 36.7 Å². The maximum absolute atomic E-state index is 12.6. The average molecular weight is 485 g/mol. The highest BCUT2D eigenvalue weighted by Crippen LogP contribution is 2.52. The van der Waals surface area contributed by atoms with E-state index in [1.165, 1.54) is 6.26 Å². The summed E-state index contributed by atoms with van der Waals surface area (Å²) in [4.78, 5) is 23.5. The molecule has 10 nitrogen and oxygen atoms in total. The summed E-state index contributed by atoms with van der Waals surface area (Å²) in [6.45, 7) is 4.13. The Morgan fingerprint density at radius 2 is 2.03 bits per heavy atom. The first kappa shape index (κ1) is 23.9. The van der Waals surface area contributed by atoms with Gasteiger partial charge in [0.2, 0.25) is 0 Å². The van der Waals surface area contributed by atoms with Crippen LogP contribution in [0, 0.1) is 11.3 Å². The van der Waals surface area contributed by atoms with Gasteiger partial charge in [-0.3, -0.25) is 0 Å². The largest absolute Gasteiger partial charge is 0.377 e. The molecule has 2 aliphatic rings. The molecule has 0 radical (unpaired) electrons. The van der Waals surface area contributed by atoms with Crippen LogP contribution in [0.2, 0.25) is 0 Å². The molecule has 2 N–H and O–H groups in total. The van der Waals surface area contributed by atoms with E-state index in [0.29, 0.717) is 61.2 Å². The third-order valence-electron chi connectivity index (χ3n) is 6.18. The molecule has 1 aliphatic heterocycles. The Kier molecular flexibility index (Phi) is 6.72. The number of anilines is 2. The number of carbonyl (C=O) groups is 1. The summed E-state index contributed by atoms with van der Waals surface area (Å²) in [6, 6.07) is 10.5. The number of rotatable bonds is 7. The second-order valence-corrected chi connectivity index (χ2v) is 11.0. The Morgan fingerprint density at radius 3 is 2.65 bits per heavy atom. The molecule has 2 heterocycles. The van der Waals surface area contributed by atoms with Crippen molar-refractivity contribution in [2.45, 2.75) is 37.0 Å². The summed E-state index contributed by atoms with van der Waals surface area (Å²) in [5, 5.41) is 13.9. The molecular weight excluding hydrogens is 456 g/mol. The van der Waals surface area contributed by atoms with Crippen molar-refractivity contribution in [2.75, 3.05) is 42.8 Å². The molecule has 11 heteroatoms. The number of ether oxygens (including phenoxy) is 1. The summed E-state index contributed by atoms with van der Waals surface area (Å²) in [5.74, 6) is 1.12. The fourth-order valence-electron chi connectivity index (χ4n) is 4.05. The lowest BCUT2D eigenvalue weighted by molar-refractivity contribution is 0.0985. The quantitative estimate of drug-likeness (QED) is 0.572.